The largest absolute Gasteiger partial charge is 0.640 e. The third kappa shape index (κ3) is 32.8. The molecule has 0 spiro atoms. The van der Waals surface area contributed by atoms with Gasteiger partial charge in [-0.2, -0.15) is 25.5 Å². The van der Waals surface area contributed by atoms with Gasteiger partial charge in [0.1, 0.15) is 61.4 Å². The molecule has 2 aromatic carbocycles. The second kappa shape index (κ2) is 49.9. The zero-order valence-electron chi connectivity index (χ0n) is 88.4. The summed E-state index contributed by atoms with van der Waals surface area (Å²) in [5.74, 6) is 3.59. The lowest BCUT2D eigenvalue weighted by Crippen LogP contribution is -2.52. The summed E-state index contributed by atoms with van der Waals surface area (Å²) >= 11 is 7.82. The van der Waals surface area contributed by atoms with Crippen LogP contribution in [0, 0.1) is 13.1 Å². The molecule has 0 unspecified atom stereocenters. The molecule has 7 aromatic rings. The van der Waals surface area contributed by atoms with Gasteiger partial charge in [-0.25, -0.2) is 60.1 Å². The first-order valence-corrected chi connectivity index (χ1v) is 64.8. The number of halogens is 3. The van der Waals surface area contributed by atoms with E-state index in [9.17, 15) is 69.7 Å². The van der Waals surface area contributed by atoms with Crippen molar-refractivity contribution in [1.29, 1.82) is 0 Å². The summed E-state index contributed by atoms with van der Waals surface area (Å²) in [5, 5.41) is 32.7. The van der Waals surface area contributed by atoms with Crippen LogP contribution >= 0.6 is 61.1 Å². The van der Waals surface area contributed by atoms with E-state index in [1.165, 1.54) is 6.92 Å². The minimum Gasteiger partial charge on any atom is -0.446 e. The zero-order chi connectivity index (χ0) is 109. The fourth-order valence-corrected chi connectivity index (χ4v) is 28.3. The number of aromatic amines is 1. The van der Waals surface area contributed by atoms with Gasteiger partial charge in [-0.15, -0.1) is 0 Å². The summed E-state index contributed by atoms with van der Waals surface area (Å²) in [6.07, 6.45) is 30.7. The minimum absolute atomic E-state index is 0.0249. The number of nitrogens with one attached hydrogen (secondary N) is 1. The number of carbonyl (C=O) groups is 4. The molecule has 149 heavy (non-hydrogen) atoms. The van der Waals surface area contributed by atoms with Gasteiger partial charge in [0.2, 0.25) is 11.8 Å². The van der Waals surface area contributed by atoms with Crippen molar-refractivity contribution in [1.82, 2.24) is 49.3 Å². The van der Waals surface area contributed by atoms with Gasteiger partial charge in [0.25, 0.3) is 0 Å². The van der Waals surface area contributed by atoms with Crippen molar-refractivity contribution in [2.24, 2.45) is 5.92 Å². The molecular weight excluding hydrogens is 2340 g/mol. The Labute approximate surface area is 914 Å². The van der Waals surface area contributed by atoms with Crippen molar-refractivity contribution in [2.75, 3.05) is 109 Å². The highest BCUT2D eigenvalue weighted by Gasteiger charge is 2.55. The predicted octanol–water partition coefficient (Wildman–Crippen LogP) is 13.0. The number of aromatic nitrogens is 10. The second-order valence-corrected chi connectivity index (χ2v) is 60.6. The normalized spacial score (nSPS) is 24.2. The molecular formula is C97H146B3BrI2N14O26S6. The molecule has 0 bridgehead atoms. The SMILES string of the molecule is CC(=O)N1c2ccc(-c3cnn(C4CCS(=O)(=O)CC4)c3)cc2N(C(=O)OC2CCC2)C[C@@H]1C.CC(=O)N1c2ccc(Br)cc2N(C(=O)OC2CCC2)C[C@@H]1C.CC1(C)OB(c2cnn(C3CCS(=O)(=O)CC3)c2)OC1(C)C.CC1(C)OB(c2cnn(C3CCS(=O)(=O)CC3)c2)OC1(C)C.CC1CCS(=O)(=O)CC1.COB1OC(C)(C)C(C)(C)O1.Ic1cn[nH]c1.O=S1(=O)CCC(O)CC1.O=S1(=O)CCC(n2cc(I)cn2)CC1. The van der Waals surface area contributed by atoms with E-state index < -0.39 is 80.6 Å². The number of fused-ring (bicyclic) bond motifs is 2. The van der Waals surface area contributed by atoms with Crippen molar-refractivity contribution >= 4 is 199 Å². The van der Waals surface area contributed by atoms with Crippen LogP contribution in [0.1, 0.15) is 257 Å². The van der Waals surface area contributed by atoms with Crippen LogP contribution in [0.4, 0.5) is 32.3 Å². The molecule has 2 atom stereocenters. The lowest BCUT2D eigenvalue weighted by atomic mass is 9.82. The van der Waals surface area contributed by atoms with Crippen LogP contribution < -0.4 is 30.5 Å². The van der Waals surface area contributed by atoms with Gasteiger partial charge < -0.3 is 57.0 Å². The van der Waals surface area contributed by atoms with E-state index in [0.717, 1.165) is 90.7 Å². The maximum absolute atomic E-state index is 13.0. The maximum atomic E-state index is 13.0. The van der Waals surface area contributed by atoms with Crippen LogP contribution in [-0.2, 0) is 111 Å². The van der Waals surface area contributed by atoms with Crippen LogP contribution in [-0.4, -0.2) is 304 Å². The second-order valence-electron chi connectivity index (χ2n) is 43.4. The van der Waals surface area contributed by atoms with Crippen LogP contribution in [0.3, 0.4) is 0 Å². The zero-order valence-corrected chi connectivity index (χ0v) is 99.2. The Morgan fingerprint density at radius 3 is 1.04 bits per heavy atom. The quantitative estimate of drug-likeness (QED) is 0.0948. The molecule has 0 radical (unpaired) electrons. The first kappa shape index (κ1) is 121. The highest BCUT2D eigenvalue weighted by Crippen LogP contribution is 2.45. The molecule has 20 rings (SSSR count). The third-order valence-corrected chi connectivity index (χ3v) is 42.1. The molecule has 9 saturated heterocycles. The van der Waals surface area contributed by atoms with Crippen LogP contribution in [0.5, 0.6) is 0 Å². The number of aliphatic hydroxyl groups is 1. The summed E-state index contributed by atoms with van der Waals surface area (Å²) in [4.78, 5) is 56.6. The minimum atomic E-state index is -2.94. The molecule has 13 aliphatic rings. The maximum Gasteiger partial charge on any atom is 0.640 e. The molecule has 2 N–H and O–H groups in total. The number of hydrogen-bond donors (Lipinski definition) is 2. The van der Waals surface area contributed by atoms with Crippen molar-refractivity contribution < 1.29 is 117 Å². The topological polar surface area (TPSA) is 489 Å². The number of rotatable bonds is 10. The van der Waals surface area contributed by atoms with Gasteiger partial charge in [-0.1, -0.05) is 28.9 Å². The standard InChI is InChI=1S/C24H30N4O5S.C16H19BrN2O3.2C14H23BN2O4S.C8H11IN2O2S.C7H15BO3.C6H12O2S.C5H10O3S.C3H3IN2/c1-16-14-26(24(30)33-21-4-3-5-21)23-12-18(6-7-22(23)28(16)17(2)29)19-13-25-27(15-19)20-8-10-34(31,32)11-9-20;1-10-9-18(16(21)22-13-4-3-5-13)15-8-12(17)6-7-14(15)19(10)11(2)20;2*1-13(2)14(3,4)21-15(20-13)11-9-16-17(10-11)12-5-7-22(18,19)8-6-12;9-7-5-10-11(6-7)8-1-3-14(12,13)4-2-8;1-6(2)7(3,4)11-8(9-5)10-6;1-6-2-4-9(7,8)5-3-6;6-5-1-3-9(7,8)4-2-5;4-3-1-5-6-2-3/h6-7,12-13,15-16,20-21H,3-5,8-11,14H2,1-2H3;6-8,10,13H,3-5,9H2,1-2H3;2*9-10,12H,5-8H2,1-4H3;5-6,8H,1-4H2;1-5H3;6H,2-5H2,1H3;5-6H,1-4H2;1-2H,(H,5,6)/t16-;10-;;;;;;;/m00......./s1. The lowest BCUT2D eigenvalue weighted by Gasteiger charge is -2.41. The average Bonchev–Trinajstić information content (AvgIpc) is 1.77. The van der Waals surface area contributed by atoms with E-state index in [1.807, 2.05) is 183 Å². The van der Waals surface area contributed by atoms with E-state index in [0.29, 0.717) is 123 Å². The molecule has 52 heteroatoms. The van der Waals surface area contributed by atoms with E-state index >= 15 is 0 Å². The van der Waals surface area contributed by atoms with E-state index in [4.69, 9.17) is 47.2 Å². The molecule has 2 saturated carbocycles. The number of amides is 4. The summed E-state index contributed by atoms with van der Waals surface area (Å²) in [5.41, 5.74) is 4.23. The molecule has 826 valence electrons. The van der Waals surface area contributed by atoms with Crippen molar-refractivity contribution in [3.8, 4) is 11.1 Å². The highest BCUT2D eigenvalue weighted by molar-refractivity contribution is 14.1. The predicted molar refractivity (Wildman–Crippen MR) is 594 cm³/mol. The molecule has 11 fully saturated rings. The number of nitrogens with zero attached hydrogens (tertiary/aromatic N) is 13. The number of hydrogen-bond acceptors (Lipinski definition) is 31. The van der Waals surface area contributed by atoms with Gasteiger partial charge in [-0.05, 0) is 300 Å². The number of carbonyl (C=O) groups excluding carboxylic acids is 4. The Balaban J connectivity index is 0.000000155. The van der Waals surface area contributed by atoms with E-state index in [2.05, 4.69) is 98.6 Å². The Hall–Kier alpha value is -6.52. The Kier molecular flexibility index (Phi) is 40.6. The van der Waals surface area contributed by atoms with E-state index in [1.54, 1.807) is 64.6 Å². The molecule has 11 aliphatic heterocycles. The lowest BCUT2D eigenvalue weighted by molar-refractivity contribution is -0.117. The number of H-pyrrole nitrogens is 1. The molecule has 4 amide bonds. The monoisotopic (exact) mass is 2480 g/mol. The van der Waals surface area contributed by atoms with Gasteiger partial charge in [0.05, 0.1) is 193 Å². The van der Waals surface area contributed by atoms with Crippen molar-refractivity contribution in [3.63, 3.8) is 0 Å². The number of sulfone groups is 6. The average molecular weight is 2480 g/mol. The number of aliphatic hydroxyl groups excluding tert-OH is 1. The van der Waals surface area contributed by atoms with Crippen molar-refractivity contribution in [3.05, 3.63) is 110 Å². The highest BCUT2D eigenvalue weighted by atomic mass is 127. The number of benzene rings is 2. The summed E-state index contributed by atoms with van der Waals surface area (Å²) in [6, 6.07) is 11.6. The van der Waals surface area contributed by atoms with E-state index in [-0.39, 0.29) is 158 Å². The first-order chi connectivity index (χ1) is 69.4. The smallest absolute Gasteiger partial charge is 0.446 e. The van der Waals surface area contributed by atoms with Gasteiger partial charge in [-0.3, -0.25) is 43.2 Å². The number of anilines is 4. The molecule has 2 aliphatic carbocycles. The number of ether oxygens (including phenoxy) is 2. The molecule has 16 heterocycles. The van der Waals surface area contributed by atoms with Crippen LogP contribution in [0.15, 0.2) is 103 Å². The Bertz CT molecular complexity index is 6220. The summed E-state index contributed by atoms with van der Waals surface area (Å²) in [7, 11) is -16.6. The van der Waals surface area contributed by atoms with Crippen LogP contribution in [0.2, 0.25) is 0 Å². The molecule has 5 aromatic heterocycles. The Morgan fingerprint density at radius 1 is 0.409 bits per heavy atom. The summed E-state index contributed by atoms with van der Waals surface area (Å²) in [6.45, 7) is 34.0. The van der Waals surface area contributed by atoms with Crippen molar-refractivity contribution in [2.45, 2.75) is 321 Å². The van der Waals surface area contributed by atoms with Gasteiger partial charge in [0.15, 0.2) is 9.84 Å². The summed E-state index contributed by atoms with van der Waals surface area (Å²) < 4.78 is 197. The fourth-order valence-electron chi connectivity index (χ4n) is 18.2. The van der Waals surface area contributed by atoms with Gasteiger partial charge in [0, 0.05) is 98.4 Å². The van der Waals surface area contributed by atoms with Crippen LogP contribution in [0.25, 0.3) is 11.1 Å². The Morgan fingerprint density at radius 2 is 0.738 bits per heavy atom. The third-order valence-electron chi connectivity index (χ3n) is 30.2. The molecule has 40 nitrogen and oxygen atoms in total. The first-order valence-electron chi connectivity index (χ1n) is 50.9. The fraction of sp³-hybridized carbons (Fsp3) is 0.680. The van der Waals surface area contributed by atoms with Gasteiger partial charge >= 0.3 is 33.7 Å².